The van der Waals surface area contributed by atoms with Crippen LogP contribution in [0.5, 0.6) is 5.75 Å². The number of esters is 1. The van der Waals surface area contributed by atoms with Crippen molar-refractivity contribution in [2.45, 2.75) is 13.3 Å². The Balaban J connectivity index is 2.23. The number of rotatable bonds is 4. The highest BCUT2D eigenvalue weighted by Crippen LogP contribution is 2.26. The van der Waals surface area contributed by atoms with Crippen molar-refractivity contribution in [3.8, 4) is 17.0 Å². The molecule has 0 saturated carbocycles. The second kappa shape index (κ2) is 6.08. The lowest BCUT2D eigenvalue weighted by atomic mass is 10.1. The van der Waals surface area contributed by atoms with Crippen molar-refractivity contribution in [2.75, 3.05) is 6.61 Å². The Labute approximate surface area is 124 Å². The number of aryl methyl sites for hydroxylation is 1. The van der Waals surface area contributed by atoms with Crippen molar-refractivity contribution in [1.29, 1.82) is 0 Å². The molecule has 5 nitrogen and oxygen atoms in total. The molecule has 0 amide bonds. The van der Waals surface area contributed by atoms with E-state index in [2.05, 4.69) is 9.84 Å². The van der Waals surface area contributed by atoms with E-state index in [1.165, 1.54) is 35.0 Å². The Hall–Kier alpha value is -2.51. The van der Waals surface area contributed by atoms with Crippen LogP contribution in [0.25, 0.3) is 11.3 Å². The minimum Gasteiger partial charge on any atom is -0.461 e. The summed E-state index contributed by atoms with van der Waals surface area (Å²) >= 11 is 0. The van der Waals surface area contributed by atoms with Crippen LogP contribution in [-0.4, -0.2) is 28.7 Å². The summed E-state index contributed by atoms with van der Waals surface area (Å²) in [6, 6.07) is 6.80. The van der Waals surface area contributed by atoms with Gasteiger partial charge in [0, 0.05) is 12.6 Å². The van der Waals surface area contributed by atoms with E-state index in [4.69, 9.17) is 4.74 Å². The second-order valence-corrected chi connectivity index (χ2v) is 4.33. The van der Waals surface area contributed by atoms with Crippen molar-refractivity contribution in [2.24, 2.45) is 7.05 Å². The van der Waals surface area contributed by atoms with Gasteiger partial charge in [0.2, 0.25) is 0 Å². The summed E-state index contributed by atoms with van der Waals surface area (Å²) in [5.41, 5.74) is 1.30. The van der Waals surface area contributed by atoms with Crippen molar-refractivity contribution in [1.82, 2.24) is 9.78 Å². The van der Waals surface area contributed by atoms with Crippen LogP contribution < -0.4 is 4.74 Å². The van der Waals surface area contributed by atoms with Crippen molar-refractivity contribution in [3.05, 3.63) is 36.0 Å². The van der Waals surface area contributed by atoms with Crippen LogP contribution in [0.15, 0.2) is 30.3 Å². The van der Waals surface area contributed by atoms with E-state index >= 15 is 0 Å². The summed E-state index contributed by atoms with van der Waals surface area (Å²) in [4.78, 5) is 11.6. The summed E-state index contributed by atoms with van der Waals surface area (Å²) < 4.78 is 46.4. The van der Waals surface area contributed by atoms with E-state index < -0.39 is 12.3 Å². The minimum atomic E-state index is -4.73. The van der Waals surface area contributed by atoms with E-state index in [1.54, 1.807) is 14.0 Å². The van der Waals surface area contributed by atoms with Gasteiger partial charge in [0.05, 0.1) is 12.3 Å². The minimum absolute atomic E-state index is 0.134. The predicted octanol–water partition coefficient (Wildman–Crippen LogP) is 3.16. The molecule has 0 aliphatic rings. The molecule has 0 radical (unpaired) electrons. The quantitative estimate of drug-likeness (QED) is 0.814. The number of hydrogen-bond donors (Lipinski definition) is 0. The van der Waals surface area contributed by atoms with Gasteiger partial charge < -0.3 is 9.47 Å². The predicted molar refractivity (Wildman–Crippen MR) is 71.3 cm³/mol. The monoisotopic (exact) mass is 314 g/mol. The number of hydrogen-bond acceptors (Lipinski definition) is 4. The van der Waals surface area contributed by atoms with Gasteiger partial charge in [-0.25, -0.2) is 4.79 Å². The highest BCUT2D eigenvalue weighted by molar-refractivity contribution is 5.88. The molecule has 0 fully saturated rings. The number of nitrogens with zero attached hydrogens (tertiary/aromatic N) is 2. The molecular formula is C14H13F3N2O3. The van der Waals surface area contributed by atoms with Crippen LogP contribution in [0, 0.1) is 0 Å². The molecule has 2 rings (SSSR count). The van der Waals surface area contributed by atoms with Gasteiger partial charge in [-0.15, -0.1) is 13.2 Å². The molecule has 1 aromatic heterocycles. The van der Waals surface area contributed by atoms with E-state index in [-0.39, 0.29) is 18.1 Å². The summed E-state index contributed by atoms with van der Waals surface area (Å²) in [7, 11) is 1.62. The summed E-state index contributed by atoms with van der Waals surface area (Å²) in [5, 5.41) is 4.02. The Morgan fingerprint density at radius 1 is 1.27 bits per heavy atom. The molecule has 1 heterocycles. The van der Waals surface area contributed by atoms with E-state index in [9.17, 15) is 18.0 Å². The van der Waals surface area contributed by atoms with E-state index in [0.717, 1.165) is 0 Å². The molecule has 0 N–H and O–H groups in total. The number of aromatic nitrogens is 2. The molecule has 2 aromatic rings. The Morgan fingerprint density at radius 3 is 2.45 bits per heavy atom. The standard InChI is InChI=1S/C14H13F3N2O3/c1-3-21-13(20)11-8-12(19(2)18-11)9-4-6-10(7-5-9)22-14(15,16)17/h4-8H,3H2,1-2H3. The number of alkyl halides is 3. The summed E-state index contributed by atoms with van der Waals surface area (Å²) in [6.45, 7) is 1.91. The van der Waals surface area contributed by atoms with Crippen LogP contribution in [0.3, 0.4) is 0 Å². The third-order valence-corrected chi connectivity index (χ3v) is 2.75. The lowest BCUT2D eigenvalue weighted by molar-refractivity contribution is -0.274. The Bertz CT molecular complexity index is 663. The molecule has 0 aliphatic carbocycles. The number of carbonyl (C=O) groups excluding carboxylic acids is 1. The Kier molecular flexibility index (Phi) is 4.39. The van der Waals surface area contributed by atoms with Gasteiger partial charge in [-0.05, 0) is 37.3 Å². The normalized spacial score (nSPS) is 11.3. The summed E-state index contributed by atoms with van der Waals surface area (Å²) in [6.07, 6.45) is -4.73. The molecule has 22 heavy (non-hydrogen) atoms. The highest BCUT2D eigenvalue weighted by atomic mass is 19.4. The van der Waals surface area contributed by atoms with Gasteiger partial charge >= 0.3 is 12.3 Å². The molecule has 8 heteroatoms. The molecule has 0 bridgehead atoms. The smallest absolute Gasteiger partial charge is 0.461 e. The van der Waals surface area contributed by atoms with Gasteiger partial charge in [0.1, 0.15) is 5.75 Å². The van der Waals surface area contributed by atoms with Crippen LogP contribution >= 0.6 is 0 Å². The third-order valence-electron chi connectivity index (χ3n) is 2.75. The van der Waals surface area contributed by atoms with Crippen LogP contribution in [-0.2, 0) is 11.8 Å². The number of benzene rings is 1. The largest absolute Gasteiger partial charge is 0.573 e. The fourth-order valence-electron chi connectivity index (χ4n) is 1.87. The zero-order chi connectivity index (χ0) is 16.3. The van der Waals surface area contributed by atoms with Crippen LogP contribution in [0.2, 0.25) is 0 Å². The maximum absolute atomic E-state index is 12.1. The summed E-state index contributed by atoms with van der Waals surface area (Å²) in [5.74, 6) is -0.870. The van der Waals surface area contributed by atoms with Gasteiger partial charge in [0.25, 0.3) is 0 Å². The molecule has 0 unspecified atom stereocenters. The van der Waals surface area contributed by atoms with Gasteiger partial charge in [-0.1, -0.05) is 0 Å². The van der Waals surface area contributed by atoms with E-state index in [0.29, 0.717) is 11.3 Å². The number of ether oxygens (including phenoxy) is 2. The lowest BCUT2D eigenvalue weighted by Gasteiger charge is -2.09. The molecule has 0 atom stereocenters. The second-order valence-electron chi connectivity index (χ2n) is 4.33. The Morgan fingerprint density at radius 2 is 1.91 bits per heavy atom. The molecule has 0 aliphatic heterocycles. The van der Waals surface area contributed by atoms with Crippen molar-refractivity contribution >= 4 is 5.97 Å². The van der Waals surface area contributed by atoms with Crippen LogP contribution in [0.1, 0.15) is 17.4 Å². The zero-order valence-corrected chi connectivity index (χ0v) is 11.8. The fraction of sp³-hybridized carbons (Fsp3) is 0.286. The highest BCUT2D eigenvalue weighted by Gasteiger charge is 2.31. The van der Waals surface area contributed by atoms with Crippen molar-refractivity contribution in [3.63, 3.8) is 0 Å². The molecule has 1 aromatic carbocycles. The fourth-order valence-corrected chi connectivity index (χ4v) is 1.87. The third kappa shape index (κ3) is 3.78. The maximum atomic E-state index is 12.1. The van der Waals surface area contributed by atoms with Crippen molar-refractivity contribution < 1.29 is 27.4 Å². The molecule has 0 saturated heterocycles. The van der Waals surface area contributed by atoms with Gasteiger partial charge in [-0.2, -0.15) is 5.10 Å². The maximum Gasteiger partial charge on any atom is 0.573 e. The number of halogens is 3. The molecule has 0 spiro atoms. The lowest BCUT2D eigenvalue weighted by Crippen LogP contribution is -2.16. The number of carbonyl (C=O) groups is 1. The van der Waals surface area contributed by atoms with Gasteiger partial charge in [-0.3, -0.25) is 4.68 Å². The first-order valence-corrected chi connectivity index (χ1v) is 6.37. The molecule has 118 valence electrons. The zero-order valence-electron chi connectivity index (χ0n) is 11.8. The first-order valence-electron chi connectivity index (χ1n) is 6.37. The van der Waals surface area contributed by atoms with E-state index in [1.807, 2.05) is 0 Å². The average Bonchev–Trinajstić information content (AvgIpc) is 2.80. The first-order chi connectivity index (χ1) is 10.3. The topological polar surface area (TPSA) is 53.4 Å². The van der Waals surface area contributed by atoms with Gasteiger partial charge in [0.15, 0.2) is 5.69 Å². The van der Waals surface area contributed by atoms with Crippen LogP contribution in [0.4, 0.5) is 13.2 Å². The first kappa shape index (κ1) is 15.9. The average molecular weight is 314 g/mol. The SMILES string of the molecule is CCOC(=O)c1cc(-c2ccc(OC(F)(F)F)cc2)n(C)n1. The molecular weight excluding hydrogens is 301 g/mol.